The minimum Gasteiger partial charge on any atom is -0.379 e. The van der Waals surface area contributed by atoms with Crippen LogP contribution in [0.25, 0.3) is 0 Å². The van der Waals surface area contributed by atoms with E-state index in [0.717, 1.165) is 32.0 Å². The van der Waals surface area contributed by atoms with Crippen LogP contribution in [0.3, 0.4) is 0 Å². The minimum absolute atomic E-state index is 0.0509. The third-order valence-corrected chi connectivity index (χ3v) is 3.33. The Morgan fingerprint density at radius 1 is 1.32 bits per heavy atom. The van der Waals surface area contributed by atoms with Gasteiger partial charge in [0.15, 0.2) is 0 Å². The summed E-state index contributed by atoms with van der Waals surface area (Å²) in [5.74, 6) is 0.454. The van der Waals surface area contributed by atoms with Crippen molar-refractivity contribution in [2.24, 2.45) is 0 Å². The molecular formula is C15H22N2O2. The molecule has 4 nitrogen and oxygen atoms in total. The zero-order valence-corrected chi connectivity index (χ0v) is 11.7. The van der Waals surface area contributed by atoms with E-state index in [1.807, 2.05) is 18.2 Å². The molecule has 4 heteroatoms. The lowest BCUT2D eigenvalue weighted by Crippen LogP contribution is -2.41. The van der Waals surface area contributed by atoms with E-state index in [1.54, 1.807) is 0 Å². The Labute approximate surface area is 114 Å². The Morgan fingerprint density at radius 2 is 2.00 bits per heavy atom. The zero-order valence-electron chi connectivity index (χ0n) is 11.7. The van der Waals surface area contributed by atoms with Gasteiger partial charge in [-0.05, 0) is 17.5 Å². The quantitative estimate of drug-likeness (QED) is 0.903. The van der Waals surface area contributed by atoms with E-state index in [4.69, 9.17) is 4.74 Å². The lowest BCUT2D eigenvalue weighted by Gasteiger charge is -2.26. The molecule has 1 aliphatic heterocycles. The first-order valence-corrected chi connectivity index (χ1v) is 6.85. The first-order valence-electron chi connectivity index (χ1n) is 6.85. The van der Waals surface area contributed by atoms with E-state index in [2.05, 4.69) is 30.1 Å². The molecule has 2 rings (SSSR count). The fraction of sp³-hybridized carbons (Fsp3) is 0.533. The van der Waals surface area contributed by atoms with Crippen molar-refractivity contribution in [2.75, 3.05) is 38.2 Å². The van der Waals surface area contributed by atoms with Gasteiger partial charge in [-0.3, -0.25) is 9.69 Å². The number of hydrogen-bond donors (Lipinski definition) is 1. The van der Waals surface area contributed by atoms with Gasteiger partial charge in [0.05, 0.1) is 19.8 Å². The van der Waals surface area contributed by atoms with Gasteiger partial charge in [0.25, 0.3) is 0 Å². The molecule has 0 saturated carbocycles. The lowest BCUT2D eigenvalue weighted by atomic mass is 10.0. The molecule has 1 aliphatic rings. The average molecular weight is 262 g/mol. The molecule has 0 radical (unpaired) electrons. The standard InChI is InChI=1S/C15H22N2O2/c1-12(2)13-5-3-4-6-14(13)16-15(18)11-17-7-9-19-10-8-17/h3-6,12H,7-11H2,1-2H3,(H,16,18). The number of benzene rings is 1. The summed E-state index contributed by atoms with van der Waals surface area (Å²) in [5.41, 5.74) is 2.11. The van der Waals surface area contributed by atoms with E-state index in [0.29, 0.717) is 12.5 Å². The number of hydrogen-bond acceptors (Lipinski definition) is 3. The molecule has 1 fully saturated rings. The second kappa shape index (κ2) is 6.68. The first-order chi connectivity index (χ1) is 9.16. The number of nitrogens with one attached hydrogen (secondary N) is 1. The molecule has 1 N–H and O–H groups in total. The highest BCUT2D eigenvalue weighted by Gasteiger charge is 2.15. The highest BCUT2D eigenvalue weighted by molar-refractivity contribution is 5.93. The molecule has 0 unspecified atom stereocenters. The van der Waals surface area contributed by atoms with Crippen LogP contribution in [0.2, 0.25) is 0 Å². The summed E-state index contributed by atoms with van der Waals surface area (Å²) in [5, 5.41) is 3.02. The molecule has 104 valence electrons. The zero-order chi connectivity index (χ0) is 13.7. The molecule has 1 heterocycles. The second-order valence-corrected chi connectivity index (χ2v) is 5.18. The normalized spacial score (nSPS) is 16.6. The monoisotopic (exact) mass is 262 g/mol. The molecule has 1 saturated heterocycles. The SMILES string of the molecule is CC(C)c1ccccc1NC(=O)CN1CCOCC1. The molecule has 1 aromatic carbocycles. The van der Waals surface area contributed by atoms with Crippen molar-refractivity contribution in [3.63, 3.8) is 0 Å². The van der Waals surface area contributed by atoms with Gasteiger partial charge >= 0.3 is 0 Å². The molecule has 19 heavy (non-hydrogen) atoms. The van der Waals surface area contributed by atoms with Gasteiger partial charge in [0, 0.05) is 18.8 Å². The number of anilines is 1. The second-order valence-electron chi connectivity index (χ2n) is 5.18. The summed E-state index contributed by atoms with van der Waals surface area (Å²) >= 11 is 0. The molecule has 0 aromatic heterocycles. The number of ether oxygens (including phenoxy) is 1. The summed E-state index contributed by atoms with van der Waals surface area (Å²) in [4.78, 5) is 14.2. The Morgan fingerprint density at radius 3 is 2.68 bits per heavy atom. The third-order valence-electron chi connectivity index (χ3n) is 3.33. The summed E-state index contributed by atoms with van der Waals surface area (Å²) in [6.45, 7) is 7.81. The highest BCUT2D eigenvalue weighted by atomic mass is 16.5. The molecular weight excluding hydrogens is 240 g/mol. The van der Waals surface area contributed by atoms with Gasteiger partial charge in [-0.25, -0.2) is 0 Å². The van der Waals surface area contributed by atoms with Crippen molar-refractivity contribution in [2.45, 2.75) is 19.8 Å². The van der Waals surface area contributed by atoms with Crippen LogP contribution < -0.4 is 5.32 Å². The summed E-state index contributed by atoms with van der Waals surface area (Å²) in [6.07, 6.45) is 0. The van der Waals surface area contributed by atoms with Crippen molar-refractivity contribution >= 4 is 11.6 Å². The number of para-hydroxylation sites is 1. The van der Waals surface area contributed by atoms with Crippen LogP contribution in [0.15, 0.2) is 24.3 Å². The fourth-order valence-corrected chi connectivity index (χ4v) is 2.27. The summed E-state index contributed by atoms with van der Waals surface area (Å²) in [6, 6.07) is 7.99. The molecule has 0 spiro atoms. The topological polar surface area (TPSA) is 41.6 Å². The van der Waals surface area contributed by atoms with Crippen LogP contribution >= 0.6 is 0 Å². The van der Waals surface area contributed by atoms with E-state index in [-0.39, 0.29) is 5.91 Å². The van der Waals surface area contributed by atoms with E-state index >= 15 is 0 Å². The van der Waals surface area contributed by atoms with Crippen LogP contribution in [0.5, 0.6) is 0 Å². The molecule has 0 aliphatic carbocycles. The molecule has 1 aromatic rings. The van der Waals surface area contributed by atoms with Crippen LogP contribution in [0.1, 0.15) is 25.3 Å². The maximum Gasteiger partial charge on any atom is 0.238 e. The van der Waals surface area contributed by atoms with Crippen molar-refractivity contribution < 1.29 is 9.53 Å². The largest absolute Gasteiger partial charge is 0.379 e. The van der Waals surface area contributed by atoms with E-state index in [9.17, 15) is 4.79 Å². The summed E-state index contributed by atoms with van der Waals surface area (Å²) in [7, 11) is 0. The van der Waals surface area contributed by atoms with Crippen molar-refractivity contribution in [3.05, 3.63) is 29.8 Å². The van der Waals surface area contributed by atoms with E-state index < -0.39 is 0 Å². The van der Waals surface area contributed by atoms with Crippen LogP contribution in [-0.2, 0) is 9.53 Å². The Bertz CT molecular complexity index is 426. The van der Waals surface area contributed by atoms with Crippen LogP contribution in [0.4, 0.5) is 5.69 Å². The predicted molar refractivity (Wildman–Crippen MR) is 76.4 cm³/mol. The Hall–Kier alpha value is -1.39. The maximum atomic E-state index is 12.1. The predicted octanol–water partition coefficient (Wildman–Crippen LogP) is 2.08. The van der Waals surface area contributed by atoms with Gasteiger partial charge in [0.1, 0.15) is 0 Å². The number of carbonyl (C=O) groups is 1. The van der Waals surface area contributed by atoms with Gasteiger partial charge in [-0.15, -0.1) is 0 Å². The van der Waals surface area contributed by atoms with Crippen LogP contribution in [0, 0.1) is 0 Å². The van der Waals surface area contributed by atoms with Gasteiger partial charge in [-0.1, -0.05) is 32.0 Å². The number of morpholine rings is 1. The van der Waals surface area contributed by atoms with E-state index in [1.165, 1.54) is 5.56 Å². The smallest absolute Gasteiger partial charge is 0.238 e. The molecule has 0 atom stereocenters. The summed E-state index contributed by atoms with van der Waals surface area (Å²) < 4.78 is 5.28. The number of amides is 1. The van der Waals surface area contributed by atoms with Crippen molar-refractivity contribution in [1.82, 2.24) is 4.90 Å². The highest BCUT2D eigenvalue weighted by Crippen LogP contribution is 2.23. The molecule has 0 bridgehead atoms. The van der Waals surface area contributed by atoms with Gasteiger partial charge < -0.3 is 10.1 Å². The third kappa shape index (κ3) is 4.04. The van der Waals surface area contributed by atoms with Crippen molar-refractivity contribution in [1.29, 1.82) is 0 Å². The number of rotatable bonds is 4. The minimum atomic E-state index is 0.0509. The van der Waals surface area contributed by atoms with Crippen LogP contribution in [-0.4, -0.2) is 43.7 Å². The van der Waals surface area contributed by atoms with Crippen molar-refractivity contribution in [3.8, 4) is 0 Å². The number of carbonyl (C=O) groups excluding carboxylic acids is 1. The van der Waals surface area contributed by atoms with Gasteiger partial charge in [0.2, 0.25) is 5.91 Å². The first kappa shape index (κ1) is 14.0. The maximum absolute atomic E-state index is 12.1. The Balaban J connectivity index is 1.94. The Kier molecular flexibility index (Phi) is 4.93. The molecule has 1 amide bonds. The lowest BCUT2D eigenvalue weighted by molar-refractivity contribution is -0.118. The number of nitrogens with zero attached hydrogens (tertiary/aromatic N) is 1. The van der Waals surface area contributed by atoms with Gasteiger partial charge in [-0.2, -0.15) is 0 Å². The average Bonchev–Trinajstić information content (AvgIpc) is 2.40. The fourth-order valence-electron chi connectivity index (χ4n) is 2.27.